The lowest BCUT2D eigenvalue weighted by Crippen LogP contribution is -2.43. The third-order valence-corrected chi connectivity index (χ3v) is 3.50. The van der Waals surface area contributed by atoms with Crippen LogP contribution < -0.4 is 4.90 Å². The van der Waals surface area contributed by atoms with E-state index in [1.54, 1.807) is 31.1 Å². The molecule has 0 bridgehead atoms. The molecular formula is C18H22N2O3. The number of carbonyl (C=O) groups is 1. The van der Waals surface area contributed by atoms with Crippen LogP contribution in [0, 0.1) is 0 Å². The second kappa shape index (κ2) is 8.31. The maximum atomic E-state index is 13.0. The molecule has 2 amide bonds. The van der Waals surface area contributed by atoms with Gasteiger partial charge in [0.2, 0.25) is 0 Å². The Morgan fingerprint density at radius 3 is 1.74 bits per heavy atom. The molecule has 23 heavy (non-hydrogen) atoms. The minimum absolute atomic E-state index is 0.151. The Balaban J connectivity index is 2.29. The molecular weight excluding hydrogens is 292 g/mol. The SMILES string of the molecule is COC(CN(C)C(=O)N(c1ccccc1)c1ccccc1)OC. The molecule has 0 radical (unpaired) electrons. The van der Waals surface area contributed by atoms with Crippen molar-refractivity contribution in [3.63, 3.8) is 0 Å². The molecule has 2 aromatic rings. The largest absolute Gasteiger partial charge is 0.354 e. The van der Waals surface area contributed by atoms with E-state index in [1.165, 1.54) is 0 Å². The number of nitrogens with zero attached hydrogens (tertiary/aromatic N) is 2. The number of urea groups is 1. The number of anilines is 2. The summed E-state index contributed by atoms with van der Waals surface area (Å²) >= 11 is 0. The van der Waals surface area contributed by atoms with E-state index in [1.807, 2.05) is 60.7 Å². The molecule has 122 valence electrons. The summed E-state index contributed by atoms with van der Waals surface area (Å²) in [6, 6.07) is 19.0. The second-order valence-corrected chi connectivity index (χ2v) is 5.07. The topological polar surface area (TPSA) is 42.0 Å². The first-order valence-electron chi connectivity index (χ1n) is 7.38. The molecule has 0 aliphatic rings. The zero-order valence-corrected chi connectivity index (χ0v) is 13.7. The smallest absolute Gasteiger partial charge is 0.329 e. The standard InChI is InChI=1S/C18H22N2O3/c1-19(14-17(22-2)23-3)18(21)20(15-10-6-4-7-11-15)16-12-8-5-9-13-16/h4-13,17H,14H2,1-3H3. The number of likely N-dealkylation sites (N-methyl/N-ethyl adjacent to an activating group) is 1. The van der Waals surface area contributed by atoms with Crippen molar-refractivity contribution in [3.05, 3.63) is 60.7 Å². The van der Waals surface area contributed by atoms with Crippen molar-refractivity contribution in [2.24, 2.45) is 0 Å². The first kappa shape index (κ1) is 17.0. The highest BCUT2D eigenvalue weighted by Crippen LogP contribution is 2.26. The van der Waals surface area contributed by atoms with Crippen LogP contribution in [0.1, 0.15) is 0 Å². The molecule has 2 aromatic carbocycles. The average molecular weight is 314 g/mol. The van der Waals surface area contributed by atoms with E-state index in [2.05, 4.69) is 0 Å². The lowest BCUT2D eigenvalue weighted by Gasteiger charge is -2.30. The first-order chi connectivity index (χ1) is 11.2. The summed E-state index contributed by atoms with van der Waals surface area (Å²) in [7, 11) is 4.84. The van der Waals surface area contributed by atoms with Crippen LogP contribution in [0.4, 0.5) is 16.2 Å². The van der Waals surface area contributed by atoms with Crippen molar-refractivity contribution < 1.29 is 14.3 Å². The minimum atomic E-state index is -0.461. The van der Waals surface area contributed by atoms with E-state index >= 15 is 0 Å². The average Bonchev–Trinajstić information content (AvgIpc) is 2.61. The molecule has 0 spiro atoms. The number of rotatable bonds is 6. The summed E-state index contributed by atoms with van der Waals surface area (Å²) in [4.78, 5) is 16.2. The fraction of sp³-hybridized carbons (Fsp3) is 0.278. The number of hydrogen-bond acceptors (Lipinski definition) is 3. The number of para-hydroxylation sites is 2. The highest BCUT2D eigenvalue weighted by molar-refractivity contribution is 5.99. The number of ether oxygens (including phenoxy) is 2. The van der Waals surface area contributed by atoms with Crippen molar-refractivity contribution in [1.82, 2.24) is 4.90 Å². The van der Waals surface area contributed by atoms with Gasteiger partial charge in [-0.05, 0) is 24.3 Å². The number of methoxy groups -OCH3 is 2. The fourth-order valence-electron chi connectivity index (χ4n) is 2.24. The lowest BCUT2D eigenvalue weighted by atomic mass is 10.2. The van der Waals surface area contributed by atoms with Crippen molar-refractivity contribution >= 4 is 17.4 Å². The Morgan fingerprint density at radius 1 is 0.913 bits per heavy atom. The molecule has 2 rings (SSSR count). The molecule has 0 N–H and O–H groups in total. The van der Waals surface area contributed by atoms with Crippen LogP contribution in [0.3, 0.4) is 0 Å². The van der Waals surface area contributed by atoms with Crippen LogP contribution in [-0.2, 0) is 9.47 Å². The fourth-order valence-corrected chi connectivity index (χ4v) is 2.24. The van der Waals surface area contributed by atoms with Crippen molar-refractivity contribution in [1.29, 1.82) is 0 Å². The minimum Gasteiger partial charge on any atom is -0.354 e. The van der Waals surface area contributed by atoms with Gasteiger partial charge in [0.15, 0.2) is 6.29 Å². The molecule has 0 aliphatic carbocycles. The van der Waals surface area contributed by atoms with Crippen molar-refractivity contribution in [3.8, 4) is 0 Å². The highest BCUT2D eigenvalue weighted by atomic mass is 16.7. The number of amides is 2. The molecule has 0 aliphatic heterocycles. The molecule has 0 saturated heterocycles. The van der Waals surface area contributed by atoms with Gasteiger partial charge < -0.3 is 14.4 Å². The summed E-state index contributed by atoms with van der Waals surface area (Å²) in [6.07, 6.45) is -0.461. The Morgan fingerprint density at radius 2 is 1.35 bits per heavy atom. The molecule has 0 fully saturated rings. The highest BCUT2D eigenvalue weighted by Gasteiger charge is 2.23. The lowest BCUT2D eigenvalue weighted by molar-refractivity contribution is -0.109. The zero-order chi connectivity index (χ0) is 16.7. The monoisotopic (exact) mass is 314 g/mol. The Labute approximate surface area is 137 Å². The second-order valence-electron chi connectivity index (χ2n) is 5.07. The van der Waals surface area contributed by atoms with Crippen LogP contribution in [0.25, 0.3) is 0 Å². The Kier molecular flexibility index (Phi) is 6.14. The van der Waals surface area contributed by atoms with Crippen LogP contribution in [0.2, 0.25) is 0 Å². The summed E-state index contributed by atoms with van der Waals surface area (Å²) in [5.74, 6) is 0. The van der Waals surface area contributed by atoms with Crippen LogP contribution in [-0.4, -0.2) is 45.0 Å². The molecule has 0 unspecified atom stereocenters. The molecule has 0 saturated carbocycles. The van der Waals surface area contributed by atoms with E-state index < -0.39 is 6.29 Å². The molecule has 0 aromatic heterocycles. The Bertz CT molecular complexity index is 561. The van der Waals surface area contributed by atoms with E-state index in [0.717, 1.165) is 11.4 Å². The predicted octanol–water partition coefficient (Wildman–Crippen LogP) is 3.50. The predicted molar refractivity (Wildman–Crippen MR) is 90.9 cm³/mol. The first-order valence-corrected chi connectivity index (χ1v) is 7.38. The molecule has 0 atom stereocenters. The summed E-state index contributed by atoms with van der Waals surface area (Å²) < 4.78 is 10.4. The third kappa shape index (κ3) is 4.31. The maximum Gasteiger partial charge on any atom is 0.329 e. The Hall–Kier alpha value is -2.37. The van der Waals surface area contributed by atoms with E-state index in [0.29, 0.717) is 6.54 Å². The van der Waals surface area contributed by atoms with E-state index in [-0.39, 0.29) is 6.03 Å². The summed E-state index contributed by atoms with van der Waals surface area (Å²) in [6.45, 7) is 0.335. The van der Waals surface area contributed by atoms with Crippen LogP contribution >= 0.6 is 0 Å². The van der Waals surface area contributed by atoms with Gasteiger partial charge in [0.1, 0.15) is 0 Å². The molecule has 5 nitrogen and oxygen atoms in total. The molecule has 0 heterocycles. The number of hydrogen-bond donors (Lipinski definition) is 0. The van der Waals surface area contributed by atoms with Gasteiger partial charge >= 0.3 is 6.03 Å². The van der Waals surface area contributed by atoms with E-state index in [4.69, 9.17) is 9.47 Å². The van der Waals surface area contributed by atoms with Gasteiger partial charge in [-0.15, -0.1) is 0 Å². The van der Waals surface area contributed by atoms with Gasteiger partial charge in [0.25, 0.3) is 0 Å². The summed E-state index contributed by atoms with van der Waals surface area (Å²) in [5, 5.41) is 0. The zero-order valence-electron chi connectivity index (χ0n) is 13.7. The number of benzene rings is 2. The van der Waals surface area contributed by atoms with Crippen LogP contribution in [0.15, 0.2) is 60.7 Å². The molecule has 5 heteroatoms. The quantitative estimate of drug-likeness (QED) is 0.766. The van der Waals surface area contributed by atoms with Gasteiger partial charge in [-0.1, -0.05) is 36.4 Å². The maximum absolute atomic E-state index is 13.0. The van der Waals surface area contributed by atoms with Crippen LogP contribution in [0.5, 0.6) is 0 Å². The number of carbonyl (C=O) groups excluding carboxylic acids is 1. The van der Waals surface area contributed by atoms with E-state index in [9.17, 15) is 4.79 Å². The third-order valence-electron chi connectivity index (χ3n) is 3.50. The van der Waals surface area contributed by atoms with Gasteiger partial charge in [-0.3, -0.25) is 4.90 Å². The van der Waals surface area contributed by atoms with Crippen molar-refractivity contribution in [2.45, 2.75) is 6.29 Å². The van der Waals surface area contributed by atoms with Crippen molar-refractivity contribution in [2.75, 3.05) is 32.7 Å². The normalized spacial score (nSPS) is 10.6. The van der Waals surface area contributed by atoms with Gasteiger partial charge in [-0.2, -0.15) is 0 Å². The van der Waals surface area contributed by atoms with Gasteiger partial charge in [0, 0.05) is 21.3 Å². The summed E-state index contributed by atoms with van der Waals surface area (Å²) in [5.41, 5.74) is 1.61. The van der Waals surface area contributed by atoms with Gasteiger partial charge in [-0.25, -0.2) is 4.79 Å². The van der Waals surface area contributed by atoms with Gasteiger partial charge in [0.05, 0.1) is 17.9 Å².